The summed E-state index contributed by atoms with van der Waals surface area (Å²) >= 11 is 0. The van der Waals surface area contributed by atoms with Crippen molar-refractivity contribution in [2.45, 2.75) is 6.92 Å². The number of carbonyl (C=O) groups is 2. The van der Waals surface area contributed by atoms with Gasteiger partial charge in [-0.1, -0.05) is 60.7 Å². The third-order valence-electron chi connectivity index (χ3n) is 5.64. The van der Waals surface area contributed by atoms with Gasteiger partial charge in [0.2, 0.25) is 5.82 Å². The van der Waals surface area contributed by atoms with Crippen LogP contribution in [-0.2, 0) is 0 Å². The fourth-order valence-electron chi connectivity index (χ4n) is 4.16. The van der Waals surface area contributed by atoms with Gasteiger partial charge in [0, 0.05) is 16.5 Å². The first-order valence-corrected chi connectivity index (χ1v) is 10.3. The molecule has 9 heteroatoms. The second-order valence-electron chi connectivity index (χ2n) is 7.62. The van der Waals surface area contributed by atoms with Crippen molar-refractivity contribution in [3.05, 3.63) is 83.6 Å². The second kappa shape index (κ2) is 8.21. The van der Waals surface area contributed by atoms with E-state index < -0.39 is 11.9 Å². The van der Waals surface area contributed by atoms with Gasteiger partial charge in [0.1, 0.15) is 0 Å². The average molecular weight is 451 g/mol. The number of para-hydroxylation sites is 1. The molecule has 0 aliphatic rings. The lowest BCUT2D eigenvalue weighted by molar-refractivity contribution is 0.0688. The topological polar surface area (TPSA) is 142 Å². The SMILES string of the molecule is Cc1nc2c(C(=O)O)cccc2c(-c2ccc(-c3ccccc3-c3nn[nH]n3)cc2)c1C(=O)O. The maximum atomic E-state index is 12.2. The lowest BCUT2D eigenvalue weighted by atomic mass is 9.91. The third-order valence-corrected chi connectivity index (χ3v) is 5.64. The summed E-state index contributed by atoms with van der Waals surface area (Å²) in [5, 5.41) is 34.2. The number of H-pyrrole nitrogens is 1. The van der Waals surface area contributed by atoms with Gasteiger partial charge in [-0.2, -0.15) is 5.21 Å². The third kappa shape index (κ3) is 3.45. The van der Waals surface area contributed by atoms with E-state index in [2.05, 4.69) is 25.6 Å². The van der Waals surface area contributed by atoms with Crippen LogP contribution in [0.4, 0.5) is 0 Å². The number of hydrogen-bond acceptors (Lipinski definition) is 6. The average Bonchev–Trinajstić information content (AvgIpc) is 3.37. The van der Waals surface area contributed by atoms with Crippen molar-refractivity contribution in [2.75, 3.05) is 0 Å². The number of fused-ring (bicyclic) bond motifs is 1. The molecular weight excluding hydrogens is 434 g/mol. The van der Waals surface area contributed by atoms with Crippen molar-refractivity contribution in [2.24, 2.45) is 0 Å². The van der Waals surface area contributed by atoms with Crippen molar-refractivity contribution in [3.8, 4) is 33.6 Å². The Balaban J connectivity index is 1.71. The molecule has 0 aliphatic heterocycles. The minimum Gasteiger partial charge on any atom is -0.478 e. The minimum absolute atomic E-state index is 0.0180. The van der Waals surface area contributed by atoms with E-state index in [1.165, 1.54) is 6.07 Å². The summed E-state index contributed by atoms with van der Waals surface area (Å²) in [4.78, 5) is 28.2. The van der Waals surface area contributed by atoms with Gasteiger partial charge in [-0.3, -0.25) is 4.98 Å². The Morgan fingerprint density at radius 1 is 0.824 bits per heavy atom. The van der Waals surface area contributed by atoms with Crippen LogP contribution in [0, 0.1) is 6.92 Å². The molecule has 0 spiro atoms. The Morgan fingerprint density at radius 2 is 1.53 bits per heavy atom. The molecule has 9 nitrogen and oxygen atoms in total. The summed E-state index contributed by atoms with van der Waals surface area (Å²) in [5.41, 5.74) is 4.17. The lowest BCUT2D eigenvalue weighted by Crippen LogP contribution is -2.08. The molecule has 0 amide bonds. The van der Waals surface area contributed by atoms with E-state index in [1.807, 2.05) is 48.5 Å². The van der Waals surface area contributed by atoms with Crippen molar-refractivity contribution in [1.29, 1.82) is 0 Å². The van der Waals surface area contributed by atoms with E-state index >= 15 is 0 Å². The quantitative estimate of drug-likeness (QED) is 0.356. The normalized spacial score (nSPS) is 11.0. The fourth-order valence-corrected chi connectivity index (χ4v) is 4.16. The molecule has 0 bridgehead atoms. The van der Waals surface area contributed by atoms with E-state index in [0.29, 0.717) is 22.3 Å². The highest BCUT2D eigenvalue weighted by atomic mass is 16.4. The number of carboxylic acids is 2. The molecule has 5 rings (SSSR count). The highest BCUT2D eigenvalue weighted by molar-refractivity contribution is 6.11. The number of carboxylic acid groups (broad SMARTS) is 2. The Bertz CT molecular complexity index is 1560. The predicted molar refractivity (Wildman–Crippen MR) is 124 cm³/mol. The van der Waals surface area contributed by atoms with Gasteiger partial charge in [-0.25, -0.2) is 9.59 Å². The van der Waals surface area contributed by atoms with Crippen LogP contribution < -0.4 is 0 Å². The van der Waals surface area contributed by atoms with Crippen molar-refractivity contribution in [1.82, 2.24) is 25.6 Å². The molecule has 3 aromatic carbocycles. The summed E-state index contributed by atoms with van der Waals surface area (Å²) in [6, 6.07) is 19.7. The Hall–Kier alpha value is -4.92. The van der Waals surface area contributed by atoms with Gasteiger partial charge in [-0.15, -0.1) is 10.2 Å². The standard InChI is InChI=1S/C25H17N5O4/c1-13-20(25(33)34)21(18-7-4-8-19(24(31)32)22(18)26-13)15-11-9-14(10-12-15)16-5-2-3-6-17(16)23-27-29-30-28-23/h2-12H,1H3,(H,31,32)(H,33,34)(H,27,28,29,30). The molecule has 5 aromatic rings. The molecular formula is C25H17N5O4. The van der Waals surface area contributed by atoms with Gasteiger partial charge in [0.05, 0.1) is 22.3 Å². The monoisotopic (exact) mass is 451 g/mol. The Kier molecular flexibility index (Phi) is 5.06. The number of aromatic nitrogens is 5. The molecule has 166 valence electrons. The van der Waals surface area contributed by atoms with Crippen LogP contribution in [0.15, 0.2) is 66.7 Å². The minimum atomic E-state index is -1.13. The van der Waals surface area contributed by atoms with E-state index in [0.717, 1.165) is 16.7 Å². The zero-order valence-electron chi connectivity index (χ0n) is 17.9. The van der Waals surface area contributed by atoms with Crippen molar-refractivity contribution >= 4 is 22.8 Å². The van der Waals surface area contributed by atoms with Gasteiger partial charge >= 0.3 is 11.9 Å². The highest BCUT2D eigenvalue weighted by Gasteiger charge is 2.22. The fraction of sp³-hybridized carbons (Fsp3) is 0.0400. The molecule has 0 fully saturated rings. The first-order valence-electron chi connectivity index (χ1n) is 10.3. The molecule has 0 atom stereocenters. The van der Waals surface area contributed by atoms with E-state index in [4.69, 9.17) is 0 Å². The summed E-state index contributed by atoms with van der Waals surface area (Å²) in [5.74, 6) is -1.79. The van der Waals surface area contributed by atoms with Gasteiger partial charge in [0.25, 0.3) is 0 Å². The van der Waals surface area contributed by atoms with Gasteiger partial charge in [0.15, 0.2) is 0 Å². The second-order valence-corrected chi connectivity index (χ2v) is 7.62. The largest absolute Gasteiger partial charge is 0.478 e. The first-order chi connectivity index (χ1) is 16.5. The molecule has 2 heterocycles. The number of aryl methyl sites for hydroxylation is 1. The lowest BCUT2D eigenvalue weighted by Gasteiger charge is -2.15. The molecule has 2 aromatic heterocycles. The highest BCUT2D eigenvalue weighted by Crippen LogP contribution is 2.36. The van der Waals surface area contributed by atoms with Crippen LogP contribution in [0.5, 0.6) is 0 Å². The number of tetrazole rings is 1. The molecule has 0 saturated carbocycles. The molecule has 0 saturated heterocycles. The molecule has 34 heavy (non-hydrogen) atoms. The van der Waals surface area contributed by atoms with E-state index in [1.54, 1.807) is 19.1 Å². The number of aromatic amines is 1. The van der Waals surface area contributed by atoms with Crippen LogP contribution in [0.2, 0.25) is 0 Å². The number of pyridine rings is 1. The summed E-state index contributed by atoms with van der Waals surface area (Å²) < 4.78 is 0. The van der Waals surface area contributed by atoms with Crippen LogP contribution in [0.25, 0.3) is 44.5 Å². The number of hydrogen-bond donors (Lipinski definition) is 3. The Morgan fingerprint density at radius 3 is 2.18 bits per heavy atom. The zero-order chi connectivity index (χ0) is 23.8. The van der Waals surface area contributed by atoms with Gasteiger partial charge in [-0.05, 0) is 34.9 Å². The summed E-state index contributed by atoms with van der Waals surface area (Å²) in [7, 11) is 0. The van der Waals surface area contributed by atoms with Crippen LogP contribution in [0.3, 0.4) is 0 Å². The molecule has 0 aliphatic carbocycles. The van der Waals surface area contributed by atoms with Crippen molar-refractivity contribution in [3.63, 3.8) is 0 Å². The summed E-state index contributed by atoms with van der Waals surface area (Å²) in [6.45, 7) is 1.57. The number of nitrogens with zero attached hydrogens (tertiary/aromatic N) is 4. The maximum absolute atomic E-state index is 12.2. The van der Waals surface area contributed by atoms with E-state index in [-0.39, 0.29) is 22.3 Å². The van der Waals surface area contributed by atoms with E-state index in [9.17, 15) is 19.8 Å². The number of nitrogens with one attached hydrogen (secondary N) is 1. The number of aromatic carboxylic acids is 2. The Labute approximate surface area is 192 Å². The maximum Gasteiger partial charge on any atom is 0.338 e. The van der Waals surface area contributed by atoms with Crippen LogP contribution in [-0.4, -0.2) is 47.8 Å². The predicted octanol–water partition coefficient (Wildman–Crippen LogP) is 4.45. The number of rotatable bonds is 5. The smallest absolute Gasteiger partial charge is 0.338 e. The zero-order valence-corrected chi connectivity index (χ0v) is 17.9. The molecule has 3 N–H and O–H groups in total. The molecule has 0 unspecified atom stereocenters. The molecule has 0 radical (unpaired) electrons. The van der Waals surface area contributed by atoms with Gasteiger partial charge < -0.3 is 10.2 Å². The van der Waals surface area contributed by atoms with Crippen molar-refractivity contribution < 1.29 is 19.8 Å². The number of benzene rings is 3. The first kappa shape index (κ1) is 21.0. The van der Waals surface area contributed by atoms with Crippen LogP contribution >= 0.6 is 0 Å². The van der Waals surface area contributed by atoms with Crippen LogP contribution in [0.1, 0.15) is 26.4 Å². The summed E-state index contributed by atoms with van der Waals surface area (Å²) in [6.07, 6.45) is 0.